The molecule has 110 valence electrons. The van der Waals surface area contributed by atoms with Crippen LogP contribution in [0.5, 0.6) is 5.75 Å². The van der Waals surface area contributed by atoms with E-state index in [1.165, 1.54) is 0 Å². The second kappa shape index (κ2) is 6.75. The molecule has 0 aliphatic carbocycles. The van der Waals surface area contributed by atoms with Gasteiger partial charge in [-0.25, -0.2) is 0 Å². The first-order valence-electron chi connectivity index (χ1n) is 7.29. The Bertz CT molecular complexity index is 452. The van der Waals surface area contributed by atoms with Crippen LogP contribution in [0.3, 0.4) is 0 Å². The lowest BCUT2D eigenvalue weighted by molar-refractivity contribution is 0.0897. The van der Waals surface area contributed by atoms with Crippen LogP contribution in [0.1, 0.15) is 37.0 Å². The van der Waals surface area contributed by atoms with Gasteiger partial charge in [0.15, 0.2) is 0 Å². The predicted molar refractivity (Wildman–Crippen MR) is 80.2 cm³/mol. The summed E-state index contributed by atoms with van der Waals surface area (Å²) in [5.41, 5.74) is 0.612. The average Bonchev–Trinajstić information content (AvgIpc) is 2.47. The van der Waals surface area contributed by atoms with Crippen molar-refractivity contribution >= 4 is 5.91 Å². The molecule has 0 bridgehead atoms. The van der Waals surface area contributed by atoms with Crippen LogP contribution in [-0.4, -0.2) is 43.1 Å². The monoisotopic (exact) mass is 276 g/mol. The number of hydrogen-bond donors (Lipinski definition) is 1. The Morgan fingerprint density at radius 1 is 1.30 bits per heavy atom. The number of nitrogens with one attached hydrogen (secondary N) is 1. The normalized spacial score (nSPS) is 17.2. The fraction of sp³-hybridized carbons (Fsp3) is 0.562. The molecule has 0 aromatic heterocycles. The number of ether oxygens (including phenoxy) is 1. The van der Waals surface area contributed by atoms with Crippen molar-refractivity contribution in [1.29, 1.82) is 0 Å². The summed E-state index contributed by atoms with van der Waals surface area (Å²) in [6.07, 6.45) is 2.03. The lowest BCUT2D eigenvalue weighted by atomic mass is 10.0. The van der Waals surface area contributed by atoms with Gasteiger partial charge in [0.2, 0.25) is 0 Å². The summed E-state index contributed by atoms with van der Waals surface area (Å²) in [4.78, 5) is 14.8. The van der Waals surface area contributed by atoms with Crippen LogP contribution < -0.4 is 10.1 Å². The van der Waals surface area contributed by atoms with Gasteiger partial charge in [-0.05, 0) is 38.8 Å². The van der Waals surface area contributed by atoms with E-state index in [-0.39, 0.29) is 11.9 Å². The van der Waals surface area contributed by atoms with Gasteiger partial charge in [0, 0.05) is 25.2 Å². The number of rotatable bonds is 4. The second-order valence-electron chi connectivity index (χ2n) is 5.58. The van der Waals surface area contributed by atoms with Gasteiger partial charge in [0.05, 0.1) is 12.7 Å². The zero-order valence-corrected chi connectivity index (χ0v) is 12.6. The van der Waals surface area contributed by atoms with E-state index in [2.05, 4.69) is 24.1 Å². The topological polar surface area (TPSA) is 41.6 Å². The molecule has 1 aliphatic heterocycles. The van der Waals surface area contributed by atoms with Crippen molar-refractivity contribution in [1.82, 2.24) is 10.2 Å². The molecule has 0 spiro atoms. The Balaban J connectivity index is 1.93. The van der Waals surface area contributed by atoms with E-state index in [1.54, 1.807) is 13.2 Å². The third-order valence-electron chi connectivity index (χ3n) is 3.95. The van der Waals surface area contributed by atoms with Crippen molar-refractivity contribution in [2.45, 2.75) is 38.8 Å². The minimum Gasteiger partial charge on any atom is -0.496 e. The highest BCUT2D eigenvalue weighted by molar-refractivity contribution is 5.97. The van der Waals surface area contributed by atoms with E-state index in [1.807, 2.05) is 18.2 Å². The molecule has 0 radical (unpaired) electrons. The van der Waals surface area contributed by atoms with Crippen LogP contribution in [0.15, 0.2) is 24.3 Å². The maximum atomic E-state index is 12.3. The van der Waals surface area contributed by atoms with Gasteiger partial charge in [-0.3, -0.25) is 4.79 Å². The van der Waals surface area contributed by atoms with Crippen LogP contribution in [0.2, 0.25) is 0 Å². The van der Waals surface area contributed by atoms with Crippen molar-refractivity contribution < 1.29 is 9.53 Å². The third-order valence-corrected chi connectivity index (χ3v) is 3.95. The van der Waals surface area contributed by atoms with Crippen molar-refractivity contribution in [3.8, 4) is 5.75 Å². The molecule has 0 saturated carbocycles. The van der Waals surface area contributed by atoms with Gasteiger partial charge in [0.25, 0.3) is 5.91 Å². The Morgan fingerprint density at radius 3 is 2.55 bits per heavy atom. The first-order valence-corrected chi connectivity index (χ1v) is 7.29. The van der Waals surface area contributed by atoms with E-state index < -0.39 is 0 Å². The highest BCUT2D eigenvalue weighted by atomic mass is 16.5. The molecule has 1 aromatic rings. The van der Waals surface area contributed by atoms with Crippen LogP contribution in [0.25, 0.3) is 0 Å². The summed E-state index contributed by atoms with van der Waals surface area (Å²) in [7, 11) is 1.59. The van der Waals surface area contributed by atoms with Crippen LogP contribution >= 0.6 is 0 Å². The van der Waals surface area contributed by atoms with Gasteiger partial charge in [0.1, 0.15) is 5.75 Å². The molecule has 0 unspecified atom stereocenters. The third kappa shape index (κ3) is 3.51. The molecule has 2 rings (SSSR count). The largest absolute Gasteiger partial charge is 0.496 e. The fourth-order valence-electron chi connectivity index (χ4n) is 2.66. The Morgan fingerprint density at radius 2 is 1.95 bits per heavy atom. The molecule has 0 atom stereocenters. The summed E-state index contributed by atoms with van der Waals surface area (Å²) >= 11 is 0. The highest BCUT2D eigenvalue weighted by Crippen LogP contribution is 2.18. The Labute approximate surface area is 121 Å². The maximum Gasteiger partial charge on any atom is 0.255 e. The summed E-state index contributed by atoms with van der Waals surface area (Å²) in [6.45, 7) is 6.53. The molecule has 1 heterocycles. The van der Waals surface area contributed by atoms with Gasteiger partial charge >= 0.3 is 0 Å². The molecular weight excluding hydrogens is 252 g/mol. The quantitative estimate of drug-likeness (QED) is 0.917. The first kappa shape index (κ1) is 14.9. The van der Waals surface area contributed by atoms with Crippen molar-refractivity contribution in [2.75, 3.05) is 20.2 Å². The van der Waals surface area contributed by atoms with Crippen molar-refractivity contribution in [3.05, 3.63) is 29.8 Å². The number of carbonyl (C=O) groups is 1. The van der Waals surface area contributed by atoms with Crippen molar-refractivity contribution in [3.63, 3.8) is 0 Å². The van der Waals surface area contributed by atoms with E-state index in [0.717, 1.165) is 25.9 Å². The zero-order chi connectivity index (χ0) is 14.5. The number of methoxy groups -OCH3 is 1. The Kier molecular flexibility index (Phi) is 5.01. The van der Waals surface area contributed by atoms with E-state index >= 15 is 0 Å². The van der Waals surface area contributed by atoms with Gasteiger partial charge in [-0.2, -0.15) is 0 Å². The van der Waals surface area contributed by atoms with E-state index in [0.29, 0.717) is 17.4 Å². The molecule has 1 fully saturated rings. The molecule has 1 N–H and O–H groups in total. The maximum absolute atomic E-state index is 12.3. The number of para-hydroxylation sites is 1. The van der Waals surface area contributed by atoms with Crippen molar-refractivity contribution in [2.24, 2.45) is 0 Å². The smallest absolute Gasteiger partial charge is 0.255 e. The number of benzene rings is 1. The SMILES string of the molecule is COc1ccccc1C(=O)NC1CCN(C(C)C)CC1. The highest BCUT2D eigenvalue weighted by Gasteiger charge is 2.23. The minimum absolute atomic E-state index is 0.0366. The molecule has 1 amide bonds. The van der Waals surface area contributed by atoms with E-state index in [9.17, 15) is 4.79 Å². The number of nitrogens with zero attached hydrogens (tertiary/aromatic N) is 1. The summed E-state index contributed by atoms with van der Waals surface area (Å²) in [5.74, 6) is 0.593. The lowest BCUT2D eigenvalue weighted by Gasteiger charge is -2.34. The van der Waals surface area contributed by atoms with Crippen LogP contribution in [-0.2, 0) is 0 Å². The molecular formula is C16H24N2O2. The van der Waals surface area contributed by atoms with Gasteiger partial charge in [-0.15, -0.1) is 0 Å². The van der Waals surface area contributed by atoms with Crippen LogP contribution in [0.4, 0.5) is 0 Å². The molecule has 1 aromatic carbocycles. The lowest BCUT2D eigenvalue weighted by Crippen LogP contribution is -2.46. The summed E-state index contributed by atoms with van der Waals surface area (Å²) < 4.78 is 5.24. The summed E-state index contributed by atoms with van der Waals surface area (Å²) in [6, 6.07) is 8.20. The molecule has 1 aliphatic rings. The number of piperidine rings is 1. The fourth-order valence-corrected chi connectivity index (χ4v) is 2.66. The van der Waals surface area contributed by atoms with Gasteiger partial charge in [-0.1, -0.05) is 12.1 Å². The summed E-state index contributed by atoms with van der Waals surface area (Å²) in [5, 5.41) is 3.12. The standard InChI is InChI=1S/C16H24N2O2/c1-12(2)18-10-8-13(9-11-18)17-16(19)14-6-4-5-7-15(14)20-3/h4-7,12-13H,8-11H2,1-3H3,(H,17,19). The zero-order valence-electron chi connectivity index (χ0n) is 12.6. The molecule has 1 saturated heterocycles. The predicted octanol–water partition coefficient (Wildman–Crippen LogP) is 2.30. The van der Waals surface area contributed by atoms with Gasteiger partial charge < -0.3 is 15.0 Å². The number of likely N-dealkylation sites (tertiary alicyclic amines) is 1. The second-order valence-corrected chi connectivity index (χ2v) is 5.58. The van der Waals surface area contributed by atoms with Crippen LogP contribution in [0, 0.1) is 0 Å². The average molecular weight is 276 g/mol. The van der Waals surface area contributed by atoms with E-state index in [4.69, 9.17) is 4.74 Å². The number of hydrogen-bond acceptors (Lipinski definition) is 3. The number of carbonyl (C=O) groups excluding carboxylic acids is 1. The molecule has 4 nitrogen and oxygen atoms in total. The first-order chi connectivity index (χ1) is 9.61. The number of amides is 1. The Hall–Kier alpha value is -1.55. The minimum atomic E-state index is -0.0366. The molecule has 20 heavy (non-hydrogen) atoms. The molecule has 4 heteroatoms.